The van der Waals surface area contributed by atoms with Crippen molar-refractivity contribution in [3.8, 4) is 0 Å². The first-order chi connectivity index (χ1) is 15.4. The van der Waals surface area contributed by atoms with Gasteiger partial charge in [0.15, 0.2) is 0 Å². The Labute approximate surface area is 191 Å². The second-order valence-electron chi connectivity index (χ2n) is 7.64. The third kappa shape index (κ3) is 3.48. The van der Waals surface area contributed by atoms with E-state index < -0.39 is 9.84 Å². The van der Waals surface area contributed by atoms with Crippen molar-refractivity contribution in [1.82, 2.24) is 14.0 Å². The molecule has 10 heteroatoms. The van der Waals surface area contributed by atoms with Gasteiger partial charge >= 0.3 is 0 Å². The highest BCUT2D eigenvalue weighted by Crippen LogP contribution is 2.23. The highest BCUT2D eigenvalue weighted by atomic mass is 79.9. The standard InChI is InChI=1S/C22H19BrN4O4S/c23-14-6-8-16(9-7-14)32(29,30)18-12-17-21(25-19-5-1-2-10-26(19)22(17)28)27(20(18)24)13-15-4-3-11-31-15/h1-2,5-10,12,15,24H,3-4,11,13H2/t15-/m0/s1. The molecule has 0 aliphatic carbocycles. The maximum Gasteiger partial charge on any atom is 0.267 e. The van der Waals surface area contributed by atoms with E-state index in [0.717, 1.165) is 17.3 Å². The summed E-state index contributed by atoms with van der Waals surface area (Å²) in [6.45, 7) is 0.862. The Morgan fingerprint density at radius 1 is 1.19 bits per heavy atom. The molecule has 1 aromatic carbocycles. The minimum absolute atomic E-state index is 0.0473. The number of ether oxygens (including phenoxy) is 1. The first-order valence-electron chi connectivity index (χ1n) is 10.1. The van der Waals surface area contributed by atoms with Crippen molar-refractivity contribution < 1.29 is 13.2 Å². The Hall–Kier alpha value is -2.82. The van der Waals surface area contributed by atoms with Crippen molar-refractivity contribution in [2.75, 3.05) is 6.61 Å². The predicted molar refractivity (Wildman–Crippen MR) is 121 cm³/mol. The molecule has 0 spiro atoms. The molecule has 8 nitrogen and oxygen atoms in total. The zero-order valence-corrected chi connectivity index (χ0v) is 19.3. The molecule has 164 valence electrons. The highest BCUT2D eigenvalue weighted by molar-refractivity contribution is 9.10. The van der Waals surface area contributed by atoms with E-state index in [2.05, 4.69) is 20.9 Å². The summed E-state index contributed by atoms with van der Waals surface area (Å²) in [6.07, 6.45) is 3.11. The third-order valence-corrected chi connectivity index (χ3v) is 7.92. The number of nitrogens with zero attached hydrogens (tertiary/aromatic N) is 3. The average molecular weight is 515 g/mol. The molecule has 1 atom stereocenters. The van der Waals surface area contributed by atoms with Gasteiger partial charge in [0.25, 0.3) is 5.56 Å². The Balaban J connectivity index is 1.84. The van der Waals surface area contributed by atoms with Gasteiger partial charge in [0, 0.05) is 17.3 Å². The van der Waals surface area contributed by atoms with Gasteiger partial charge in [-0.05, 0) is 55.3 Å². The number of fused-ring (bicyclic) bond motifs is 2. The van der Waals surface area contributed by atoms with Crippen molar-refractivity contribution in [2.45, 2.75) is 35.3 Å². The fourth-order valence-corrected chi connectivity index (χ4v) is 5.63. The van der Waals surface area contributed by atoms with Crippen LogP contribution in [0.4, 0.5) is 0 Å². The monoisotopic (exact) mass is 514 g/mol. The van der Waals surface area contributed by atoms with Crippen molar-refractivity contribution in [3.05, 3.63) is 75.0 Å². The van der Waals surface area contributed by atoms with Gasteiger partial charge in [0.1, 0.15) is 21.7 Å². The number of hydrogen-bond donors (Lipinski definition) is 1. The lowest BCUT2D eigenvalue weighted by atomic mass is 10.2. The summed E-state index contributed by atoms with van der Waals surface area (Å²) >= 11 is 3.31. The zero-order chi connectivity index (χ0) is 22.5. The van der Waals surface area contributed by atoms with Crippen LogP contribution >= 0.6 is 15.9 Å². The molecule has 1 aliphatic rings. The maximum atomic E-state index is 13.5. The Kier molecular flexibility index (Phi) is 5.23. The summed E-state index contributed by atoms with van der Waals surface area (Å²) in [4.78, 5) is 17.7. The van der Waals surface area contributed by atoms with Crippen LogP contribution in [0.3, 0.4) is 0 Å². The molecule has 4 heterocycles. The fraction of sp³-hybridized carbons (Fsp3) is 0.227. The molecular formula is C22H19BrN4O4S. The first kappa shape index (κ1) is 21.0. The largest absolute Gasteiger partial charge is 0.376 e. The van der Waals surface area contributed by atoms with Crippen molar-refractivity contribution >= 4 is 42.4 Å². The third-order valence-electron chi connectivity index (χ3n) is 5.61. The molecule has 1 aliphatic heterocycles. The van der Waals surface area contributed by atoms with E-state index in [1.54, 1.807) is 36.5 Å². The van der Waals surface area contributed by atoms with Crippen LogP contribution < -0.4 is 11.0 Å². The molecule has 0 saturated carbocycles. The number of benzene rings is 1. The van der Waals surface area contributed by atoms with Gasteiger partial charge in [0.05, 0.1) is 22.9 Å². The molecular weight excluding hydrogens is 496 g/mol. The minimum atomic E-state index is -4.05. The molecule has 32 heavy (non-hydrogen) atoms. The molecule has 1 N–H and O–H groups in total. The number of aromatic nitrogens is 3. The van der Waals surface area contributed by atoms with Crippen LogP contribution in [-0.4, -0.2) is 35.1 Å². The average Bonchev–Trinajstić information content (AvgIpc) is 3.29. The summed E-state index contributed by atoms with van der Waals surface area (Å²) in [5.74, 6) is 0. The zero-order valence-electron chi connectivity index (χ0n) is 16.9. The highest BCUT2D eigenvalue weighted by Gasteiger charge is 2.26. The van der Waals surface area contributed by atoms with Gasteiger partial charge in [-0.15, -0.1) is 0 Å². The second kappa shape index (κ2) is 7.95. The van der Waals surface area contributed by atoms with Crippen LogP contribution in [0.1, 0.15) is 12.8 Å². The molecule has 0 radical (unpaired) electrons. The van der Waals surface area contributed by atoms with E-state index in [1.165, 1.54) is 27.2 Å². The number of pyridine rings is 2. The molecule has 0 bridgehead atoms. The van der Waals surface area contributed by atoms with Gasteiger partial charge in [-0.25, -0.2) is 13.4 Å². The van der Waals surface area contributed by atoms with Gasteiger partial charge in [-0.3, -0.25) is 14.6 Å². The predicted octanol–water partition coefficient (Wildman–Crippen LogP) is 2.90. The van der Waals surface area contributed by atoms with Crippen molar-refractivity contribution in [3.63, 3.8) is 0 Å². The Bertz CT molecular complexity index is 1570. The normalized spacial score (nSPS) is 16.7. The molecule has 1 saturated heterocycles. The lowest BCUT2D eigenvalue weighted by molar-refractivity contribution is 0.0965. The van der Waals surface area contributed by atoms with Crippen LogP contribution in [0.5, 0.6) is 0 Å². The summed E-state index contributed by atoms with van der Waals surface area (Å²) in [5.41, 5.74) is 0.0903. The van der Waals surface area contributed by atoms with E-state index >= 15 is 0 Å². The van der Waals surface area contributed by atoms with Gasteiger partial charge < -0.3 is 9.30 Å². The smallest absolute Gasteiger partial charge is 0.267 e. The summed E-state index contributed by atoms with van der Waals surface area (Å²) < 4.78 is 36.3. The number of nitrogens with one attached hydrogen (secondary N) is 1. The SMILES string of the molecule is N=c1c(S(=O)(=O)c2ccc(Br)cc2)cc2c(=O)n3ccccc3nc2n1C[C@@H]1CCCO1. The van der Waals surface area contributed by atoms with Crippen LogP contribution in [-0.2, 0) is 21.1 Å². The van der Waals surface area contributed by atoms with Crippen molar-refractivity contribution in [2.24, 2.45) is 0 Å². The summed E-state index contributed by atoms with van der Waals surface area (Å²) in [6, 6.07) is 12.7. The molecule has 0 amide bonds. The maximum absolute atomic E-state index is 13.5. The Morgan fingerprint density at radius 3 is 2.69 bits per heavy atom. The first-order valence-corrected chi connectivity index (χ1v) is 12.4. The van der Waals surface area contributed by atoms with Gasteiger partial charge in [0.2, 0.25) is 9.84 Å². The molecule has 1 fully saturated rings. The topological polar surface area (TPSA) is 107 Å². The number of halogens is 1. The van der Waals surface area contributed by atoms with Crippen LogP contribution in [0, 0.1) is 5.41 Å². The molecule has 4 aromatic rings. The van der Waals surface area contributed by atoms with E-state index in [9.17, 15) is 13.2 Å². The molecule has 0 unspecified atom stereocenters. The van der Waals surface area contributed by atoms with Crippen LogP contribution in [0.2, 0.25) is 0 Å². The lowest BCUT2D eigenvalue weighted by Crippen LogP contribution is -2.33. The van der Waals surface area contributed by atoms with E-state index in [0.29, 0.717) is 12.3 Å². The van der Waals surface area contributed by atoms with Crippen molar-refractivity contribution in [1.29, 1.82) is 5.41 Å². The quantitative estimate of drug-likeness (QED) is 0.421. The van der Waals surface area contributed by atoms with Crippen LogP contribution in [0.15, 0.2) is 73.8 Å². The lowest BCUT2D eigenvalue weighted by Gasteiger charge is -2.17. The Morgan fingerprint density at radius 2 is 1.97 bits per heavy atom. The minimum Gasteiger partial charge on any atom is -0.376 e. The van der Waals surface area contributed by atoms with E-state index in [1.807, 2.05) is 0 Å². The molecule has 3 aromatic heterocycles. The number of hydrogen-bond acceptors (Lipinski definition) is 6. The number of rotatable bonds is 4. The van der Waals surface area contributed by atoms with Gasteiger partial charge in [-0.2, -0.15) is 0 Å². The summed E-state index contributed by atoms with van der Waals surface area (Å²) in [7, 11) is -4.05. The second-order valence-corrected chi connectivity index (χ2v) is 10.5. The van der Waals surface area contributed by atoms with E-state index in [-0.39, 0.29) is 44.5 Å². The van der Waals surface area contributed by atoms with E-state index in [4.69, 9.17) is 10.1 Å². The molecule has 5 rings (SSSR count). The van der Waals surface area contributed by atoms with Gasteiger partial charge in [-0.1, -0.05) is 22.0 Å². The fourth-order valence-electron chi connectivity index (χ4n) is 3.98. The number of sulfone groups is 1. The summed E-state index contributed by atoms with van der Waals surface area (Å²) in [5, 5.41) is 8.93. The van der Waals surface area contributed by atoms with Crippen LogP contribution in [0.25, 0.3) is 16.7 Å².